The number of benzene rings is 2. The van der Waals surface area contributed by atoms with E-state index in [9.17, 15) is 4.39 Å². The molecule has 0 spiro atoms. The molecule has 0 amide bonds. The smallest absolute Gasteiger partial charge is 0.166 e. The fourth-order valence-electron chi connectivity index (χ4n) is 1.88. The lowest BCUT2D eigenvalue weighted by molar-refractivity contribution is 0.442. The van der Waals surface area contributed by atoms with Gasteiger partial charge >= 0.3 is 0 Å². The van der Waals surface area contributed by atoms with E-state index in [-0.39, 0.29) is 11.8 Å². The zero-order chi connectivity index (χ0) is 15.4. The monoisotopic (exact) mass is 371 g/mol. The van der Waals surface area contributed by atoms with E-state index in [2.05, 4.69) is 15.9 Å². The molecule has 0 saturated carbocycles. The molecule has 21 heavy (non-hydrogen) atoms. The lowest BCUT2D eigenvalue weighted by Crippen LogP contribution is -2.21. The van der Waals surface area contributed by atoms with Crippen LogP contribution in [-0.2, 0) is 6.42 Å². The first-order valence-electron chi connectivity index (χ1n) is 6.66. The minimum absolute atomic E-state index is 0.108. The van der Waals surface area contributed by atoms with Crippen molar-refractivity contribution in [2.45, 2.75) is 25.8 Å². The summed E-state index contributed by atoms with van der Waals surface area (Å²) in [6, 6.07) is 10.2. The molecule has 0 aromatic heterocycles. The van der Waals surface area contributed by atoms with Gasteiger partial charge in [-0.05, 0) is 48.7 Å². The van der Waals surface area contributed by atoms with Crippen LogP contribution in [0.4, 0.5) is 4.39 Å². The second-order valence-corrected chi connectivity index (χ2v) is 6.14. The Kier molecular flexibility index (Phi) is 5.62. The summed E-state index contributed by atoms with van der Waals surface area (Å²) in [7, 11) is 0. The molecule has 112 valence electrons. The highest BCUT2D eigenvalue weighted by atomic mass is 79.9. The van der Waals surface area contributed by atoms with Crippen molar-refractivity contribution >= 4 is 27.5 Å². The topological polar surface area (TPSA) is 35.2 Å². The molecule has 0 aliphatic rings. The summed E-state index contributed by atoms with van der Waals surface area (Å²) < 4.78 is 19.9. The van der Waals surface area contributed by atoms with Crippen molar-refractivity contribution in [2.24, 2.45) is 5.73 Å². The number of rotatable bonds is 5. The van der Waals surface area contributed by atoms with Gasteiger partial charge < -0.3 is 10.5 Å². The Hall–Kier alpha value is -1.10. The molecule has 2 aromatic carbocycles. The van der Waals surface area contributed by atoms with Crippen LogP contribution in [0.15, 0.2) is 40.9 Å². The molecule has 0 bridgehead atoms. The zero-order valence-corrected chi connectivity index (χ0v) is 13.9. The van der Waals surface area contributed by atoms with Gasteiger partial charge in [0.15, 0.2) is 11.6 Å². The van der Waals surface area contributed by atoms with Gasteiger partial charge in [0, 0.05) is 10.5 Å². The Morgan fingerprint density at radius 3 is 2.57 bits per heavy atom. The maximum Gasteiger partial charge on any atom is 0.166 e. The summed E-state index contributed by atoms with van der Waals surface area (Å²) in [6.45, 7) is 2.04. The van der Waals surface area contributed by atoms with Gasteiger partial charge in [0.1, 0.15) is 5.75 Å². The Balaban J connectivity index is 2.17. The third-order valence-electron chi connectivity index (χ3n) is 3.13. The molecule has 0 fully saturated rings. The predicted octanol–water partition coefficient (Wildman–Crippen LogP) is 5.31. The van der Waals surface area contributed by atoms with Crippen LogP contribution in [0.1, 0.15) is 18.9 Å². The molecule has 2 N–H and O–H groups in total. The van der Waals surface area contributed by atoms with Crippen LogP contribution in [0.2, 0.25) is 5.02 Å². The highest BCUT2D eigenvalue weighted by Crippen LogP contribution is 2.32. The largest absolute Gasteiger partial charge is 0.453 e. The highest BCUT2D eigenvalue weighted by molar-refractivity contribution is 9.10. The summed E-state index contributed by atoms with van der Waals surface area (Å²) in [5, 5.41) is 0.443. The number of halogens is 3. The molecule has 0 heterocycles. The van der Waals surface area contributed by atoms with Gasteiger partial charge in [0.25, 0.3) is 0 Å². The van der Waals surface area contributed by atoms with Gasteiger partial charge in [-0.25, -0.2) is 4.39 Å². The average molecular weight is 373 g/mol. The van der Waals surface area contributed by atoms with Crippen molar-refractivity contribution in [3.05, 3.63) is 57.3 Å². The zero-order valence-electron chi connectivity index (χ0n) is 11.6. The van der Waals surface area contributed by atoms with Crippen molar-refractivity contribution in [1.29, 1.82) is 0 Å². The van der Waals surface area contributed by atoms with E-state index >= 15 is 0 Å². The molecule has 5 heteroatoms. The van der Waals surface area contributed by atoms with E-state index < -0.39 is 5.82 Å². The van der Waals surface area contributed by atoms with Crippen LogP contribution in [-0.4, -0.2) is 6.04 Å². The maximum absolute atomic E-state index is 13.8. The molecule has 2 nitrogen and oxygen atoms in total. The van der Waals surface area contributed by atoms with Crippen molar-refractivity contribution in [3.63, 3.8) is 0 Å². The number of hydrogen-bond donors (Lipinski definition) is 1. The second kappa shape index (κ2) is 7.25. The van der Waals surface area contributed by atoms with E-state index in [4.69, 9.17) is 22.1 Å². The highest BCUT2D eigenvalue weighted by Gasteiger charge is 2.10. The van der Waals surface area contributed by atoms with Crippen molar-refractivity contribution in [2.75, 3.05) is 0 Å². The second-order valence-electron chi connectivity index (χ2n) is 4.81. The van der Waals surface area contributed by atoms with Gasteiger partial charge in [-0.15, -0.1) is 0 Å². The van der Waals surface area contributed by atoms with Crippen LogP contribution >= 0.6 is 27.5 Å². The molecule has 0 aliphatic heterocycles. The third kappa shape index (κ3) is 4.43. The first-order valence-corrected chi connectivity index (χ1v) is 7.83. The summed E-state index contributed by atoms with van der Waals surface area (Å²) >= 11 is 9.39. The fraction of sp³-hybridized carbons (Fsp3) is 0.250. The van der Waals surface area contributed by atoms with Crippen LogP contribution in [0.25, 0.3) is 0 Å². The molecule has 2 aromatic rings. The van der Waals surface area contributed by atoms with Crippen LogP contribution in [0, 0.1) is 5.82 Å². The van der Waals surface area contributed by atoms with E-state index in [1.165, 1.54) is 6.07 Å². The molecular formula is C16H16BrClFNO. The maximum atomic E-state index is 13.8. The molecule has 1 unspecified atom stereocenters. The number of ether oxygens (including phenoxy) is 1. The summed E-state index contributed by atoms with van der Waals surface area (Å²) in [4.78, 5) is 0. The van der Waals surface area contributed by atoms with Crippen molar-refractivity contribution in [3.8, 4) is 11.5 Å². The molecular weight excluding hydrogens is 357 g/mol. The average Bonchev–Trinajstić information content (AvgIpc) is 2.44. The first kappa shape index (κ1) is 16.3. The van der Waals surface area contributed by atoms with Crippen molar-refractivity contribution < 1.29 is 9.13 Å². The summed E-state index contributed by atoms with van der Waals surface area (Å²) in [6.07, 6.45) is 1.66. The Morgan fingerprint density at radius 1 is 1.24 bits per heavy atom. The quantitative estimate of drug-likeness (QED) is 0.771. The standard InChI is InChI=1S/C16H16BrClFNO/c1-2-12(20)7-10-3-5-15(13(18)8-10)21-16-6-4-11(17)9-14(16)19/h3-6,8-9,12H,2,7,20H2,1H3. The Morgan fingerprint density at radius 2 is 1.95 bits per heavy atom. The lowest BCUT2D eigenvalue weighted by Gasteiger charge is -2.12. The van der Waals surface area contributed by atoms with E-state index in [0.717, 1.165) is 18.4 Å². The van der Waals surface area contributed by atoms with E-state index in [1.807, 2.05) is 19.1 Å². The van der Waals surface area contributed by atoms with E-state index in [0.29, 0.717) is 15.2 Å². The Labute approximate surface area is 137 Å². The van der Waals surface area contributed by atoms with Gasteiger partial charge in [-0.2, -0.15) is 0 Å². The molecule has 2 rings (SSSR count). The summed E-state index contributed by atoms with van der Waals surface area (Å²) in [5.41, 5.74) is 6.96. The van der Waals surface area contributed by atoms with E-state index in [1.54, 1.807) is 18.2 Å². The van der Waals surface area contributed by atoms with Gasteiger partial charge in [-0.3, -0.25) is 0 Å². The number of hydrogen-bond acceptors (Lipinski definition) is 2. The van der Waals surface area contributed by atoms with Crippen LogP contribution < -0.4 is 10.5 Å². The lowest BCUT2D eigenvalue weighted by atomic mass is 10.0. The van der Waals surface area contributed by atoms with Gasteiger partial charge in [-0.1, -0.05) is 40.5 Å². The minimum Gasteiger partial charge on any atom is -0.453 e. The van der Waals surface area contributed by atoms with Crippen molar-refractivity contribution in [1.82, 2.24) is 0 Å². The van der Waals surface area contributed by atoms with Gasteiger partial charge in [0.05, 0.1) is 5.02 Å². The number of nitrogens with two attached hydrogens (primary N) is 1. The molecule has 1 atom stereocenters. The molecule has 0 aliphatic carbocycles. The predicted molar refractivity (Wildman–Crippen MR) is 87.6 cm³/mol. The SMILES string of the molecule is CCC(N)Cc1ccc(Oc2ccc(Br)cc2F)c(Cl)c1. The van der Waals surface area contributed by atoms with Crippen LogP contribution in [0.3, 0.4) is 0 Å². The third-order valence-corrected chi connectivity index (χ3v) is 3.92. The summed E-state index contributed by atoms with van der Waals surface area (Å²) in [5.74, 6) is 0.113. The minimum atomic E-state index is -0.447. The fourth-order valence-corrected chi connectivity index (χ4v) is 2.45. The van der Waals surface area contributed by atoms with Crippen LogP contribution in [0.5, 0.6) is 11.5 Å². The molecule has 0 saturated heterocycles. The molecule has 0 radical (unpaired) electrons. The first-order chi connectivity index (χ1) is 9.99. The Bertz CT molecular complexity index is 636. The van der Waals surface area contributed by atoms with Gasteiger partial charge in [0.2, 0.25) is 0 Å². The normalized spacial score (nSPS) is 12.2.